The van der Waals surface area contributed by atoms with E-state index >= 15 is 0 Å². The highest BCUT2D eigenvalue weighted by atomic mass is 35.5. The molecule has 0 amide bonds. The Bertz CT molecular complexity index is 1050. The zero-order valence-electron chi connectivity index (χ0n) is 14.8. The van der Waals surface area contributed by atoms with Gasteiger partial charge in [-0.25, -0.2) is 0 Å². The summed E-state index contributed by atoms with van der Waals surface area (Å²) in [6.07, 6.45) is 1.55. The van der Waals surface area contributed by atoms with Crippen molar-refractivity contribution >= 4 is 29.0 Å². The molecule has 0 bridgehead atoms. The number of phenolic OH excluding ortho intramolecular Hbond substituents is 2. The monoisotopic (exact) mass is 392 g/mol. The van der Waals surface area contributed by atoms with Gasteiger partial charge in [0.25, 0.3) is 0 Å². The normalized spacial score (nSPS) is 15.3. The van der Waals surface area contributed by atoms with E-state index < -0.39 is 6.10 Å². The van der Waals surface area contributed by atoms with E-state index in [0.29, 0.717) is 16.3 Å². The molecule has 1 heterocycles. The zero-order chi connectivity index (χ0) is 19.7. The lowest BCUT2D eigenvalue weighted by Gasteiger charge is -2.27. The first kappa shape index (κ1) is 18.1. The summed E-state index contributed by atoms with van der Waals surface area (Å²) in [4.78, 5) is 12.8. The van der Waals surface area contributed by atoms with Crippen LogP contribution in [0.4, 0.5) is 0 Å². The molecule has 0 radical (unpaired) electrons. The van der Waals surface area contributed by atoms with Crippen molar-refractivity contribution in [2.45, 2.75) is 12.5 Å². The highest BCUT2D eigenvalue weighted by Crippen LogP contribution is 2.38. The first-order chi connectivity index (χ1) is 13.5. The number of Topliss-reactive ketones (excluding diaryl/α,β-unsaturated/α-hetero) is 1. The van der Waals surface area contributed by atoms with Crippen LogP contribution in [-0.4, -0.2) is 22.1 Å². The van der Waals surface area contributed by atoms with E-state index in [9.17, 15) is 15.0 Å². The summed E-state index contributed by atoms with van der Waals surface area (Å²) in [7, 11) is 0. The molecule has 3 aromatic rings. The SMILES string of the molecule is O=C(CC1Oc2cc(O)ccc2C=C1c1ccc(O)cc1)c1ccc(Cl)cc1. The van der Waals surface area contributed by atoms with Gasteiger partial charge in [0, 0.05) is 27.8 Å². The second-order valence-electron chi connectivity index (χ2n) is 6.61. The molecule has 0 aliphatic carbocycles. The first-order valence-corrected chi connectivity index (χ1v) is 9.17. The maximum Gasteiger partial charge on any atom is 0.166 e. The van der Waals surface area contributed by atoms with Crippen molar-refractivity contribution < 1.29 is 19.7 Å². The molecule has 1 unspecified atom stereocenters. The van der Waals surface area contributed by atoms with Crippen LogP contribution in [0.3, 0.4) is 0 Å². The lowest BCUT2D eigenvalue weighted by molar-refractivity contribution is 0.0939. The molecule has 28 heavy (non-hydrogen) atoms. The Kier molecular flexibility index (Phi) is 4.80. The number of aromatic hydroxyl groups is 2. The Morgan fingerprint density at radius 1 is 0.929 bits per heavy atom. The van der Waals surface area contributed by atoms with Crippen LogP contribution >= 0.6 is 11.6 Å². The summed E-state index contributed by atoms with van der Waals surface area (Å²) < 4.78 is 6.09. The largest absolute Gasteiger partial charge is 0.508 e. The smallest absolute Gasteiger partial charge is 0.166 e. The lowest BCUT2D eigenvalue weighted by Crippen LogP contribution is -2.25. The first-order valence-electron chi connectivity index (χ1n) is 8.79. The van der Waals surface area contributed by atoms with Crippen molar-refractivity contribution in [2.24, 2.45) is 0 Å². The number of hydrogen-bond donors (Lipinski definition) is 2. The third-order valence-electron chi connectivity index (χ3n) is 4.66. The summed E-state index contributed by atoms with van der Waals surface area (Å²) >= 11 is 5.91. The Morgan fingerprint density at radius 3 is 2.32 bits per heavy atom. The fraction of sp³-hybridized carbons (Fsp3) is 0.0870. The minimum absolute atomic E-state index is 0.0741. The molecule has 5 heteroatoms. The van der Waals surface area contributed by atoms with Gasteiger partial charge in [0.2, 0.25) is 0 Å². The molecule has 0 fully saturated rings. The Balaban J connectivity index is 1.70. The maximum absolute atomic E-state index is 12.8. The molecule has 140 valence electrons. The van der Waals surface area contributed by atoms with Gasteiger partial charge in [-0.05, 0) is 60.2 Å². The van der Waals surface area contributed by atoms with Gasteiger partial charge in [-0.2, -0.15) is 0 Å². The lowest BCUT2D eigenvalue weighted by atomic mass is 9.91. The second kappa shape index (κ2) is 7.41. The third kappa shape index (κ3) is 3.73. The van der Waals surface area contributed by atoms with Crippen molar-refractivity contribution in [2.75, 3.05) is 0 Å². The van der Waals surface area contributed by atoms with Crippen molar-refractivity contribution in [3.8, 4) is 17.2 Å². The fourth-order valence-corrected chi connectivity index (χ4v) is 3.34. The molecule has 0 spiro atoms. The van der Waals surface area contributed by atoms with Crippen LogP contribution < -0.4 is 4.74 Å². The number of benzene rings is 3. The summed E-state index contributed by atoms with van der Waals surface area (Å²) in [6.45, 7) is 0. The predicted molar refractivity (Wildman–Crippen MR) is 109 cm³/mol. The van der Waals surface area contributed by atoms with E-state index in [1.807, 2.05) is 6.08 Å². The number of halogens is 1. The van der Waals surface area contributed by atoms with Crippen LogP contribution in [0.2, 0.25) is 5.02 Å². The van der Waals surface area contributed by atoms with Crippen molar-refractivity contribution in [1.29, 1.82) is 0 Å². The van der Waals surface area contributed by atoms with Gasteiger partial charge < -0.3 is 14.9 Å². The van der Waals surface area contributed by atoms with Gasteiger partial charge in [0.15, 0.2) is 5.78 Å². The van der Waals surface area contributed by atoms with Gasteiger partial charge in [-0.1, -0.05) is 23.7 Å². The average Bonchev–Trinajstić information content (AvgIpc) is 2.68. The number of hydrogen-bond acceptors (Lipinski definition) is 4. The van der Waals surface area contributed by atoms with Crippen molar-refractivity contribution in [3.05, 3.63) is 88.4 Å². The number of phenols is 2. The zero-order valence-corrected chi connectivity index (χ0v) is 15.6. The average molecular weight is 393 g/mol. The molecule has 3 aromatic carbocycles. The van der Waals surface area contributed by atoms with E-state index in [-0.39, 0.29) is 23.7 Å². The number of ketones is 1. The summed E-state index contributed by atoms with van der Waals surface area (Å²) in [5.41, 5.74) is 3.06. The molecule has 4 nitrogen and oxygen atoms in total. The summed E-state index contributed by atoms with van der Waals surface area (Å²) in [5, 5.41) is 19.9. The molecule has 0 aromatic heterocycles. The van der Waals surface area contributed by atoms with Gasteiger partial charge in [-0.15, -0.1) is 0 Å². The number of ether oxygens (including phenoxy) is 1. The van der Waals surface area contributed by atoms with Gasteiger partial charge in [0.05, 0.1) is 6.42 Å². The van der Waals surface area contributed by atoms with Crippen LogP contribution in [0.25, 0.3) is 11.6 Å². The highest BCUT2D eigenvalue weighted by Gasteiger charge is 2.27. The van der Waals surface area contributed by atoms with Gasteiger partial charge in [-0.3, -0.25) is 4.79 Å². The number of carbonyl (C=O) groups is 1. The molecule has 0 saturated carbocycles. The molecule has 4 rings (SSSR count). The van der Waals surface area contributed by atoms with E-state index in [0.717, 1.165) is 16.7 Å². The highest BCUT2D eigenvalue weighted by molar-refractivity contribution is 6.30. The predicted octanol–water partition coefficient (Wildman–Crippen LogP) is 5.33. The van der Waals surface area contributed by atoms with Crippen molar-refractivity contribution in [1.82, 2.24) is 0 Å². The number of rotatable bonds is 4. The molecule has 1 aliphatic heterocycles. The molecule has 0 saturated heterocycles. The Morgan fingerprint density at radius 2 is 1.61 bits per heavy atom. The van der Waals surface area contributed by atoms with Gasteiger partial charge >= 0.3 is 0 Å². The topological polar surface area (TPSA) is 66.8 Å². The molecule has 1 aliphatic rings. The fourth-order valence-electron chi connectivity index (χ4n) is 3.22. The van der Waals surface area contributed by atoms with E-state index in [1.165, 1.54) is 0 Å². The van der Waals surface area contributed by atoms with Crippen LogP contribution in [0.1, 0.15) is 27.9 Å². The second-order valence-corrected chi connectivity index (χ2v) is 7.05. The molecular formula is C23H17ClO4. The van der Waals surface area contributed by atoms with E-state index in [4.69, 9.17) is 16.3 Å². The minimum atomic E-state index is -0.526. The van der Waals surface area contributed by atoms with Crippen molar-refractivity contribution in [3.63, 3.8) is 0 Å². The number of carbonyl (C=O) groups excluding carboxylic acids is 1. The van der Waals surface area contributed by atoms with Crippen LogP contribution in [0.15, 0.2) is 66.7 Å². The minimum Gasteiger partial charge on any atom is -0.508 e. The molecular weight excluding hydrogens is 376 g/mol. The standard InChI is InChI=1S/C23H17ClO4/c24-17-6-1-15(2-7-17)21(27)13-23-20(14-3-8-18(25)9-4-14)11-16-5-10-19(26)12-22(16)28-23/h1-12,23,25-26H,13H2. The van der Waals surface area contributed by atoms with Crippen LogP contribution in [-0.2, 0) is 0 Å². The van der Waals surface area contributed by atoms with Gasteiger partial charge in [0.1, 0.15) is 23.4 Å². The van der Waals surface area contributed by atoms with E-state index in [2.05, 4.69) is 0 Å². The van der Waals surface area contributed by atoms with Crippen LogP contribution in [0.5, 0.6) is 17.2 Å². The Labute approximate surface area is 167 Å². The molecule has 1 atom stereocenters. The van der Waals surface area contributed by atoms with E-state index in [1.54, 1.807) is 66.7 Å². The Hall–Kier alpha value is -3.24. The quantitative estimate of drug-likeness (QED) is 0.589. The summed E-state index contributed by atoms with van der Waals surface area (Å²) in [5.74, 6) is 0.717. The number of fused-ring (bicyclic) bond motifs is 1. The molecule has 2 N–H and O–H groups in total. The summed E-state index contributed by atoms with van der Waals surface area (Å²) in [6, 6.07) is 18.4. The van der Waals surface area contributed by atoms with Crippen LogP contribution in [0, 0.1) is 0 Å². The third-order valence-corrected chi connectivity index (χ3v) is 4.91. The maximum atomic E-state index is 12.8.